The van der Waals surface area contributed by atoms with Crippen LogP contribution < -0.4 is 0 Å². The number of carboxylic acids is 1. The van der Waals surface area contributed by atoms with Crippen LogP contribution in [0.5, 0.6) is 0 Å². The van der Waals surface area contributed by atoms with Crippen LogP contribution in [0, 0.1) is 0 Å². The summed E-state index contributed by atoms with van der Waals surface area (Å²) in [4.78, 5) is 24.9. The zero-order valence-electron chi connectivity index (χ0n) is 12.1. The molecule has 1 saturated heterocycles. The monoisotopic (exact) mass is 335 g/mol. The van der Waals surface area contributed by atoms with Gasteiger partial charge in [0, 0.05) is 17.8 Å². The second-order valence-corrected chi connectivity index (χ2v) is 5.54. The number of hydrogen-bond acceptors (Lipinski definition) is 4. The standard InChI is InChI=1S/C15H14ClN3O4/c16-11-2-1-3-12(6-11)19-8-10(7-17-19)14(20)18-4-5-23-13(9-18)15(21)22/h1-3,6-8,13H,4-5,9H2,(H,21,22)/t13-/m1/s1. The van der Waals surface area contributed by atoms with Gasteiger partial charge in [0.15, 0.2) is 6.10 Å². The van der Waals surface area contributed by atoms with Crippen molar-refractivity contribution in [3.8, 4) is 5.69 Å². The highest BCUT2D eigenvalue weighted by atomic mass is 35.5. The molecule has 1 aromatic heterocycles. The lowest BCUT2D eigenvalue weighted by atomic mass is 10.2. The van der Waals surface area contributed by atoms with Gasteiger partial charge in [-0.2, -0.15) is 5.10 Å². The van der Waals surface area contributed by atoms with Gasteiger partial charge in [-0.1, -0.05) is 17.7 Å². The molecule has 0 saturated carbocycles. The number of ether oxygens (including phenoxy) is 1. The second-order valence-electron chi connectivity index (χ2n) is 5.10. The maximum atomic E-state index is 12.5. The number of halogens is 1. The number of carbonyl (C=O) groups is 2. The summed E-state index contributed by atoms with van der Waals surface area (Å²) >= 11 is 5.95. The Kier molecular flexibility index (Phi) is 4.31. The third kappa shape index (κ3) is 3.35. The van der Waals surface area contributed by atoms with Crippen LogP contribution >= 0.6 is 11.6 Å². The van der Waals surface area contributed by atoms with E-state index in [0.29, 0.717) is 17.1 Å². The van der Waals surface area contributed by atoms with Crippen LogP contribution in [-0.4, -0.2) is 57.5 Å². The zero-order valence-corrected chi connectivity index (χ0v) is 12.8. The maximum absolute atomic E-state index is 12.5. The lowest BCUT2D eigenvalue weighted by Crippen LogP contribution is -2.48. The number of amides is 1. The van der Waals surface area contributed by atoms with Crippen molar-refractivity contribution in [1.82, 2.24) is 14.7 Å². The van der Waals surface area contributed by atoms with Crippen molar-refractivity contribution in [3.63, 3.8) is 0 Å². The topological polar surface area (TPSA) is 84.7 Å². The molecule has 1 amide bonds. The Labute approximate surface area is 137 Å². The molecule has 0 radical (unpaired) electrons. The quantitative estimate of drug-likeness (QED) is 0.917. The van der Waals surface area contributed by atoms with Crippen molar-refractivity contribution >= 4 is 23.5 Å². The summed E-state index contributed by atoms with van der Waals surface area (Å²) < 4.78 is 6.66. The molecular weight excluding hydrogens is 322 g/mol. The minimum atomic E-state index is -1.07. The molecule has 0 unspecified atom stereocenters. The molecule has 1 aliphatic rings. The summed E-state index contributed by atoms with van der Waals surface area (Å²) in [7, 11) is 0. The van der Waals surface area contributed by atoms with Crippen LogP contribution in [-0.2, 0) is 9.53 Å². The molecule has 0 spiro atoms. The predicted octanol–water partition coefficient (Wildman–Crippen LogP) is 1.45. The first-order valence-corrected chi connectivity index (χ1v) is 7.36. The minimum absolute atomic E-state index is 0.0243. The Morgan fingerprint density at radius 3 is 2.96 bits per heavy atom. The number of aromatic nitrogens is 2. The van der Waals surface area contributed by atoms with Gasteiger partial charge < -0.3 is 14.7 Å². The van der Waals surface area contributed by atoms with Gasteiger partial charge in [-0.05, 0) is 18.2 Å². The van der Waals surface area contributed by atoms with Gasteiger partial charge in [0.1, 0.15) is 0 Å². The van der Waals surface area contributed by atoms with E-state index in [0.717, 1.165) is 5.69 Å². The summed E-state index contributed by atoms with van der Waals surface area (Å²) in [5, 5.41) is 13.7. The van der Waals surface area contributed by atoms with Crippen molar-refractivity contribution in [3.05, 3.63) is 47.2 Å². The second kappa shape index (κ2) is 6.39. The molecule has 1 fully saturated rings. The lowest BCUT2D eigenvalue weighted by Gasteiger charge is -2.30. The highest BCUT2D eigenvalue weighted by molar-refractivity contribution is 6.30. The van der Waals surface area contributed by atoms with E-state index in [-0.39, 0.29) is 19.1 Å². The molecule has 0 bridgehead atoms. The van der Waals surface area contributed by atoms with E-state index in [9.17, 15) is 9.59 Å². The molecule has 2 aromatic rings. The van der Waals surface area contributed by atoms with E-state index in [4.69, 9.17) is 21.4 Å². The summed E-state index contributed by atoms with van der Waals surface area (Å²) in [5.41, 5.74) is 1.12. The van der Waals surface area contributed by atoms with Crippen molar-refractivity contribution in [2.45, 2.75) is 6.10 Å². The number of carboxylic acid groups (broad SMARTS) is 1. The molecule has 8 heteroatoms. The highest BCUT2D eigenvalue weighted by Crippen LogP contribution is 2.16. The molecule has 1 aromatic carbocycles. The van der Waals surface area contributed by atoms with Gasteiger partial charge in [0.25, 0.3) is 5.91 Å². The molecule has 2 heterocycles. The Bertz CT molecular complexity index is 746. The van der Waals surface area contributed by atoms with Crippen molar-refractivity contribution in [1.29, 1.82) is 0 Å². The number of morpholine rings is 1. The third-order valence-electron chi connectivity index (χ3n) is 3.53. The van der Waals surface area contributed by atoms with E-state index in [1.807, 2.05) is 6.07 Å². The van der Waals surface area contributed by atoms with Gasteiger partial charge in [-0.15, -0.1) is 0 Å². The molecule has 1 N–H and O–H groups in total. The maximum Gasteiger partial charge on any atom is 0.334 e. The molecule has 3 rings (SSSR count). The smallest absolute Gasteiger partial charge is 0.334 e. The van der Waals surface area contributed by atoms with Gasteiger partial charge in [-0.3, -0.25) is 4.79 Å². The molecule has 0 aliphatic carbocycles. The largest absolute Gasteiger partial charge is 0.479 e. The summed E-state index contributed by atoms with van der Waals surface area (Å²) in [5.74, 6) is -1.34. The van der Waals surface area contributed by atoms with Gasteiger partial charge in [0.05, 0.1) is 30.6 Å². The Balaban J connectivity index is 1.77. The fraction of sp³-hybridized carbons (Fsp3) is 0.267. The predicted molar refractivity (Wildman–Crippen MR) is 81.9 cm³/mol. The van der Waals surface area contributed by atoms with Crippen LogP contribution in [0.2, 0.25) is 5.02 Å². The van der Waals surface area contributed by atoms with Crippen molar-refractivity contribution in [2.24, 2.45) is 0 Å². The van der Waals surface area contributed by atoms with E-state index < -0.39 is 12.1 Å². The number of carbonyl (C=O) groups excluding carboxylic acids is 1. The van der Waals surface area contributed by atoms with Crippen LogP contribution in [0.3, 0.4) is 0 Å². The fourth-order valence-electron chi connectivity index (χ4n) is 2.36. The Morgan fingerprint density at radius 2 is 2.22 bits per heavy atom. The molecule has 120 valence electrons. The van der Waals surface area contributed by atoms with E-state index in [2.05, 4.69) is 5.10 Å². The average molecular weight is 336 g/mol. The first kappa shape index (κ1) is 15.5. The third-order valence-corrected chi connectivity index (χ3v) is 3.77. The average Bonchev–Trinajstić information content (AvgIpc) is 3.04. The number of hydrogen-bond donors (Lipinski definition) is 1. The SMILES string of the molecule is O=C(O)[C@H]1CN(C(=O)c2cnn(-c3cccc(Cl)c3)c2)CCO1. The summed E-state index contributed by atoms with van der Waals surface area (Å²) in [6, 6.07) is 7.10. The lowest BCUT2D eigenvalue weighted by molar-refractivity contribution is -0.154. The van der Waals surface area contributed by atoms with Crippen LogP contribution in [0.15, 0.2) is 36.7 Å². The Morgan fingerprint density at radius 1 is 1.39 bits per heavy atom. The normalized spacial score (nSPS) is 18.0. The molecule has 7 nitrogen and oxygen atoms in total. The van der Waals surface area contributed by atoms with Crippen LogP contribution in [0.1, 0.15) is 10.4 Å². The number of aliphatic carboxylic acids is 1. The molecule has 1 atom stereocenters. The first-order chi connectivity index (χ1) is 11.0. The first-order valence-electron chi connectivity index (χ1n) is 6.99. The van der Waals surface area contributed by atoms with Gasteiger partial charge in [0.2, 0.25) is 0 Å². The molecule has 1 aliphatic heterocycles. The molecular formula is C15H14ClN3O4. The van der Waals surface area contributed by atoms with E-state index in [1.165, 1.54) is 11.1 Å². The van der Waals surface area contributed by atoms with Gasteiger partial charge in [-0.25, -0.2) is 9.48 Å². The van der Waals surface area contributed by atoms with Gasteiger partial charge >= 0.3 is 5.97 Å². The minimum Gasteiger partial charge on any atom is -0.479 e. The fourth-order valence-corrected chi connectivity index (χ4v) is 2.54. The zero-order chi connectivity index (χ0) is 16.4. The Hall–Kier alpha value is -2.38. The van der Waals surface area contributed by atoms with Crippen molar-refractivity contribution in [2.75, 3.05) is 19.7 Å². The van der Waals surface area contributed by atoms with Crippen LogP contribution in [0.25, 0.3) is 5.69 Å². The number of rotatable bonds is 3. The number of nitrogens with zero attached hydrogens (tertiary/aromatic N) is 3. The van der Waals surface area contributed by atoms with E-state index in [1.54, 1.807) is 29.1 Å². The van der Waals surface area contributed by atoms with Crippen LogP contribution in [0.4, 0.5) is 0 Å². The number of benzene rings is 1. The molecule has 23 heavy (non-hydrogen) atoms. The highest BCUT2D eigenvalue weighted by Gasteiger charge is 2.29. The van der Waals surface area contributed by atoms with Crippen molar-refractivity contribution < 1.29 is 19.4 Å². The summed E-state index contributed by atoms with van der Waals surface area (Å²) in [6.07, 6.45) is 2.06. The van der Waals surface area contributed by atoms with E-state index >= 15 is 0 Å². The summed E-state index contributed by atoms with van der Waals surface area (Å²) in [6.45, 7) is 0.576.